The van der Waals surface area contributed by atoms with E-state index in [1.807, 2.05) is 0 Å². The summed E-state index contributed by atoms with van der Waals surface area (Å²) in [6.07, 6.45) is 0. The molecule has 1 heterocycles. The maximum absolute atomic E-state index is 12.4. The fourth-order valence-electron chi connectivity index (χ4n) is 1.98. The van der Waals surface area contributed by atoms with Gasteiger partial charge in [0, 0.05) is 5.56 Å². The molecule has 7 heteroatoms. The zero-order valence-corrected chi connectivity index (χ0v) is 12.5. The van der Waals surface area contributed by atoms with E-state index >= 15 is 0 Å². The van der Waals surface area contributed by atoms with Crippen LogP contribution in [-0.4, -0.2) is 33.6 Å². The van der Waals surface area contributed by atoms with Gasteiger partial charge in [-0.1, -0.05) is 0 Å². The summed E-state index contributed by atoms with van der Waals surface area (Å²) in [5.74, 6) is -0.809. The predicted octanol–water partition coefficient (Wildman–Crippen LogP) is 2.70. The fraction of sp³-hybridized carbons (Fsp3) is 0.0625. The monoisotopic (exact) mass is 329 g/mol. The summed E-state index contributed by atoms with van der Waals surface area (Å²) < 4.78 is 5.75. The smallest absolute Gasteiger partial charge is 0.341 e. The van der Waals surface area contributed by atoms with Gasteiger partial charge in [0.25, 0.3) is 0 Å². The number of carboxylic acid groups (broad SMARTS) is 1. The second-order valence-electron chi connectivity index (χ2n) is 4.71. The van der Waals surface area contributed by atoms with E-state index in [0.717, 1.165) is 4.70 Å². The maximum Gasteiger partial charge on any atom is 0.341 e. The van der Waals surface area contributed by atoms with E-state index in [0.29, 0.717) is 21.8 Å². The molecular formula is C16H11NO5S. The Morgan fingerprint density at radius 1 is 1.13 bits per heavy atom. The van der Waals surface area contributed by atoms with E-state index in [1.54, 1.807) is 24.3 Å². The third kappa shape index (κ3) is 3.29. The molecule has 0 fully saturated rings. The topological polar surface area (TPSA) is 96.7 Å². The molecular weight excluding hydrogens is 318 g/mol. The van der Waals surface area contributed by atoms with Crippen molar-refractivity contribution in [2.75, 3.05) is 6.61 Å². The van der Waals surface area contributed by atoms with Gasteiger partial charge in [-0.2, -0.15) is 0 Å². The normalized spacial score (nSPS) is 10.6. The number of phenols is 1. The van der Waals surface area contributed by atoms with Gasteiger partial charge in [0.1, 0.15) is 11.5 Å². The molecule has 0 bridgehead atoms. The van der Waals surface area contributed by atoms with Gasteiger partial charge in [-0.25, -0.2) is 9.78 Å². The lowest BCUT2D eigenvalue weighted by Crippen LogP contribution is -2.09. The molecule has 116 valence electrons. The Kier molecular flexibility index (Phi) is 3.94. The lowest BCUT2D eigenvalue weighted by atomic mass is 10.1. The van der Waals surface area contributed by atoms with E-state index in [2.05, 4.69) is 4.98 Å². The van der Waals surface area contributed by atoms with Crippen LogP contribution < -0.4 is 4.74 Å². The van der Waals surface area contributed by atoms with Crippen LogP contribution >= 0.6 is 11.3 Å². The molecule has 3 rings (SSSR count). The number of hydrogen-bond acceptors (Lipinski definition) is 6. The van der Waals surface area contributed by atoms with Crippen molar-refractivity contribution in [2.45, 2.75) is 0 Å². The number of aromatic hydroxyl groups is 1. The number of ether oxygens (including phenoxy) is 1. The van der Waals surface area contributed by atoms with E-state index in [4.69, 9.17) is 9.84 Å². The van der Waals surface area contributed by atoms with Crippen LogP contribution in [0.25, 0.3) is 10.2 Å². The van der Waals surface area contributed by atoms with Crippen molar-refractivity contribution in [3.05, 3.63) is 53.0 Å². The average Bonchev–Trinajstić information content (AvgIpc) is 2.95. The Bertz CT molecular complexity index is 885. The number of rotatable bonds is 5. The molecule has 0 spiro atoms. The highest BCUT2D eigenvalue weighted by Crippen LogP contribution is 2.27. The number of carbonyl (C=O) groups is 2. The van der Waals surface area contributed by atoms with Gasteiger partial charge in [-0.05, 0) is 42.5 Å². The van der Waals surface area contributed by atoms with Crippen LogP contribution in [0.3, 0.4) is 0 Å². The number of aromatic nitrogens is 1. The van der Waals surface area contributed by atoms with Gasteiger partial charge in [-0.15, -0.1) is 11.3 Å². The third-order valence-corrected chi connectivity index (χ3v) is 4.06. The summed E-state index contributed by atoms with van der Waals surface area (Å²) in [4.78, 5) is 27.1. The Hall–Kier alpha value is -2.93. The van der Waals surface area contributed by atoms with Gasteiger partial charge in [0.2, 0.25) is 5.78 Å². The molecule has 0 atom stereocenters. The number of benzene rings is 2. The summed E-state index contributed by atoms with van der Waals surface area (Å²) in [6, 6.07) is 10.9. The van der Waals surface area contributed by atoms with Crippen molar-refractivity contribution in [1.82, 2.24) is 4.98 Å². The van der Waals surface area contributed by atoms with E-state index in [1.165, 1.54) is 29.5 Å². The number of carbonyl (C=O) groups excluding carboxylic acids is 1. The van der Waals surface area contributed by atoms with Crippen LogP contribution in [0, 0.1) is 0 Å². The first kappa shape index (κ1) is 15.0. The zero-order chi connectivity index (χ0) is 16.4. The van der Waals surface area contributed by atoms with Crippen LogP contribution in [0.5, 0.6) is 11.5 Å². The van der Waals surface area contributed by atoms with Gasteiger partial charge >= 0.3 is 5.97 Å². The highest BCUT2D eigenvalue weighted by atomic mass is 32.1. The number of nitrogens with zero attached hydrogens (tertiary/aromatic N) is 1. The quantitative estimate of drug-likeness (QED) is 0.699. The highest BCUT2D eigenvalue weighted by Gasteiger charge is 2.15. The van der Waals surface area contributed by atoms with Crippen molar-refractivity contribution < 1.29 is 24.5 Å². The van der Waals surface area contributed by atoms with Crippen molar-refractivity contribution in [3.63, 3.8) is 0 Å². The summed E-state index contributed by atoms with van der Waals surface area (Å²) in [5, 5.41) is 18.3. The summed E-state index contributed by atoms with van der Waals surface area (Å²) in [5.41, 5.74) is 1.08. The minimum absolute atomic E-state index is 0.125. The van der Waals surface area contributed by atoms with E-state index in [-0.39, 0.29) is 11.5 Å². The molecule has 23 heavy (non-hydrogen) atoms. The number of thiazole rings is 1. The molecule has 6 nitrogen and oxygen atoms in total. The van der Waals surface area contributed by atoms with Crippen LogP contribution in [-0.2, 0) is 4.79 Å². The van der Waals surface area contributed by atoms with Gasteiger partial charge in [0.15, 0.2) is 11.6 Å². The number of fused-ring (bicyclic) bond motifs is 1. The zero-order valence-electron chi connectivity index (χ0n) is 11.7. The summed E-state index contributed by atoms with van der Waals surface area (Å²) in [6.45, 7) is -0.436. The van der Waals surface area contributed by atoms with Crippen molar-refractivity contribution in [2.24, 2.45) is 0 Å². The second-order valence-corrected chi connectivity index (χ2v) is 5.74. The minimum Gasteiger partial charge on any atom is -0.508 e. The first-order chi connectivity index (χ1) is 11.0. The Balaban J connectivity index is 1.82. The largest absolute Gasteiger partial charge is 0.508 e. The van der Waals surface area contributed by atoms with Crippen LogP contribution in [0.1, 0.15) is 15.4 Å². The molecule has 0 radical (unpaired) electrons. The predicted molar refractivity (Wildman–Crippen MR) is 84.3 cm³/mol. The third-order valence-electron chi connectivity index (χ3n) is 3.05. The molecule has 2 aromatic carbocycles. The number of hydrogen-bond donors (Lipinski definition) is 2. The molecule has 2 N–H and O–H groups in total. The minimum atomic E-state index is -1.07. The standard InChI is InChI=1S/C16H11NO5S/c18-10-3-6-12-13(7-10)23-16(17-12)15(21)9-1-4-11(5-2-9)22-8-14(19)20/h1-7,18H,8H2,(H,19,20). The molecule has 1 aromatic heterocycles. The number of phenolic OH excluding ortho intramolecular Hbond substituents is 1. The van der Waals surface area contributed by atoms with Crippen molar-refractivity contribution in [3.8, 4) is 11.5 Å². The number of aliphatic carboxylic acids is 1. The summed E-state index contributed by atoms with van der Waals surface area (Å²) in [7, 11) is 0. The molecule has 0 aliphatic heterocycles. The first-order valence-corrected chi connectivity index (χ1v) is 7.43. The second kappa shape index (κ2) is 6.05. The first-order valence-electron chi connectivity index (χ1n) is 6.62. The molecule has 0 aliphatic carbocycles. The van der Waals surface area contributed by atoms with Crippen LogP contribution in [0.15, 0.2) is 42.5 Å². The van der Waals surface area contributed by atoms with Crippen molar-refractivity contribution >= 4 is 33.3 Å². The molecule has 3 aromatic rings. The Labute approximate surface area is 134 Å². The number of ketones is 1. The SMILES string of the molecule is O=C(O)COc1ccc(C(=O)c2nc3ccc(O)cc3s2)cc1. The summed E-state index contributed by atoms with van der Waals surface area (Å²) >= 11 is 1.20. The Morgan fingerprint density at radius 3 is 2.57 bits per heavy atom. The maximum atomic E-state index is 12.4. The Morgan fingerprint density at radius 2 is 1.87 bits per heavy atom. The van der Waals surface area contributed by atoms with Gasteiger partial charge < -0.3 is 14.9 Å². The van der Waals surface area contributed by atoms with Gasteiger partial charge in [-0.3, -0.25) is 4.79 Å². The van der Waals surface area contributed by atoms with Crippen LogP contribution in [0.4, 0.5) is 0 Å². The average molecular weight is 329 g/mol. The molecule has 0 saturated carbocycles. The van der Waals surface area contributed by atoms with Crippen molar-refractivity contribution in [1.29, 1.82) is 0 Å². The highest BCUT2D eigenvalue weighted by molar-refractivity contribution is 7.20. The van der Waals surface area contributed by atoms with E-state index < -0.39 is 12.6 Å². The lowest BCUT2D eigenvalue weighted by Gasteiger charge is -2.03. The van der Waals surface area contributed by atoms with Gasteiger partial charge in [0.05, 0.1) is 10.2 Å². The molecule has 0 saturated heterocycles. The number of carboxylic acids is 1. The van der Waals surface area contributed by atoms with E-state index in [9.17, 15) is 14.7 Å². The molecule has 0 amide bonds. The molecule has 0 aliphatic rings. The molecule has 0 unspecified atom stereocenters. The lowest BCUT2D eigenvalue weighted by molar-refractivity contribution is -0.139. The fourth-order valence-corrected chi connectivity index (χ4v) is 2.94. The van der Waals surface area contributed by atoms with Crippen LogP contribution in [0.2, 0.25) is 0 Å².